The molecule has 150 valence electrons. The maximum absolute atomic E-state index is 11.8. The molecule has 2 N–H and O–H groups in total. The summed E-state index contributed by atoms with van der Waals surface area (Å²) in [4.78, 5) is 19.5. The van der Waals surface area contributed by atoms with Gasteiger partial charge in [0.25, 0.3) is 0 Å². The van der Waals surface area contributed by atoms with E-state index in [1.54, 1.807) is 0 Å². The van der Waals surface area contributed by atoms with Crippen LogP contribution in [-0.2, 0) is 6.42 Å². The molecule has 0 aliphatic rings. The van der Waals surface area contributed by atoms with Gasteiger partial charge in [-0.15, -0.1) is 0 Å². The smallest absolute Gasteiger partial charge is 0.334 e. The molecule has 3 rings (SSSR count). The number of hydrogen-bond acceptors (Lipinski definition) is 6. The van der Waals surface area contributed by atoms with Crippen LogP contribution in [0.15, 0.2) is 48.8 Å². The summed E-state index contributed by atoms with van der Waals surface area (Å²) < 4.78 is 0. The first kappa shape index (κ1) is 20.3. The minimum Gasteiger partial charge on any atom is -0.334 e. The molecular weight excluding hydrogens is 366 g/mol. The lowest BCUT2D eigenvalue weighted by atomic mass is 10.1. The van der Waals surface area contributed by atoms with Crippen LogP contribution >= 0.6 is 0 Å². The van der Waals surface area contributed by atoms with Gasteiger partial charge in [-0.2, -0.15) is 0 Å². The van der Waals surface area contributed by atoms with Crippen LogP contribution in [0.1, 0.15) is 36.5 Å². The van der Waals surface area contributed by atoms with Crippen molar-refractivity contribution in [1.82, 2.24) is 9.97 Å². The summed E-state index contributed by atoms with van der Waals surface area (Å²) in [6.45, 7) is 6.17. The summed E-state index contributed by atoms with van der Waals surface area (Å²) in [5, 5.41) is 17.9. The van der Waals surface area contributed by atoms with E-state index in [-0.39, 0.29) is 17.3 Å². The second-order valence-electron chi connectivity index (χ2n) is 7.03. The molecule has 0 atom stereocenters. The van der Waals surface area contributed by atoms with Gasteiger partial charge in [0.15, 0.2) is 0 Å². The molecule has 7 heteroatoms. The zero-order valence-corrected chi connectivity index (χ0v) is 16.9. The molecule has 0 unspecified atom stereocenters. The highest BCUT2D eigenvalue weighted by atomic mass is 16.6. The van der Waals surface area contributed by atoms with E-state index in [2.05, 4.69) is 27.5 Å². The molecule has 0 fully saturated rings. The molecule has 0 radical (unpaired) electrons. The fourth-order valence-corrected chi connectivity index (χ4v) is 2.96. The minimum absolute atomic E-state index is 0.148. The number of nitro groups is 1. The van der Waals surface area contributed by atoms with Gasteiger partial charge in [0.05, 0.1) is 4.92 Å². The van der Waals surface area contributed by atoms with Crippen LogP contribution in [0.2, 0.25) is 0 Å². The third-order valence-corrected chi connectivity index (χ3v) is 4.81. The number of nitrogens with zero attached hydrogens (tertiary/aromatic N) is 3. The first-order valence-corrected chi connectivity index (χ1v) is 9.67. The molecule has 0 aliphatic heterocycles. The Bertz CT molecular complexity index is 1000. The molecule has 0 saturated heterocycles. The molecule has 1 aromatic heterocycles. The fraction of sp³-hybridized carbons (Fsp3) is 0.273. The summed E-state index contributed by atoms with van der Waals surface area (Å²) >= 11 is 0. The second kappa shape index (κ2) is 9.14. The van der Waals surface area contributed by atoms with Crippen LogP contribution < -0.4 is 10.6 Å². The van der Waals surface area contributed by atoms with Crippen molar-refractivity contribution in [2.45, 2.75) is 40.0 Å². The van der Waals surface area contributed by atoms with Crippen LogP contribution in [0.25, 0.3) is 0 Å². The van der Waals surface area contributed by atoms with Crippen LogP contribution in [0.3, 0.4) is 0 Å². The quantitative estimate of drug-likeness (QED) is 0.370. The third kappa shape index (κ3) is 5.07. The SMILES string of the molecule is CCCCc1ccc(Nc2ncnc(Nc3ccc(C)c(C)c3)c2[N+](=O)[O-])cc1. The summed E-state index contributed by atoms with van der Waals surface area (Å²) in [5.74, 6) is 0.299. The van der Waals surface area contributed by atoms with Crippen molar-refractivity contribution in [2.24, 2.45) is 0 Å². The highest BCUT2D eigenvalue weighted by Gasteiger charge is 2.23. The Morgan fingerprint density at radius 3 is 2.14 bits per heavy atom. The zero-order chi connectivity index (χ0) is 20.8. The molecule has 0 spiro atoms. The van der Waals surface area contributed by atoms with Gasteiger partial charge in [0.2, 0.25) is 11.6 Å². The highest BCUT2D eigenvalue weighted by Crippen LogP contribution is 2.33. The summed E-state index contributed by atoms with van der Waals surface area (Å²) in [6, 6.07) is 13.6. The Kier molecular flexibility index (Phi) is 6.39. The molecule has 0 bridgehead atoms. The van der Waals surface area contributed by atoms with Crippen molar-refractivity contribution in [3.05, 3.63) is 75.6 Å². The van der Waals surface area contributed by atoms with E-state index in [1.807, 2.05) is 56.3 Å². The predicted molar refractivity (Wildman–Crippen MR) is 116 cm³/mol. The molecule has 0 amide bonds. The second-order valence-corrected chi connectivity index (χ2v) is 7.03. The number of unbranched alkanes of at least 4 members (excludes halogenated alkanes) is 1. The molecule has 0 saturated carbocycles. The predicted octanol–water partition coefficient (Wildman–Crippen LogP) is 5.83. The standard InChI is InChI=1S/C22H25N5O2/c1-4-5-6-17-8-11-18(12-9-17)25-21-20(27(28)29)22(24-14-23-21)26-19-10-7-15(2)16(3)13-19/h7-14H,4-6H2,1-3H3,(H2,23,24,25,26). The van der Waals surface area contributed by atoms with Gasteiger partial charge in [-0.1, -0.05) is 31.5 Å². The lowest BCUT2D eigenvalue weighted by molar-refractivity contribution is -0.383. The minimum atomic E-state index is -0.471. The van der Waals surface area contributed by atoms with Crippen molar-refractivity contribution in [3.8, 4) is 0 Å². The topological polar surface area (TPSA) is 93.0 Å². The number of anilines is 4. The van der Waals surface area contributed by atoms with Crippen molar-refractivity contribution in [1.29, 1.82) is 0 Å². The zero-order valence-electron chi connectivity index (χ0n) is 16.9. The van der Waals surface area contributed by atoms with Gasteiger partial charge in [-0.3, -0.25) is 10.1 Å². The van der Waals surface area contributed by atoms with Gasteiger partial charge in [0, 0.05) is 11.4 Å². The van der Waals surface area contributed by atoms with Gasteiger partial charge in [-0.25, -0.2) is 9.97 Å². The first-order chi connectivity index (χ1) is 14.0. The average Bonchev–Trinajstić information content (AvgIpc) is 2.70. The van der Waals surface area contributed by atoms with E-state index < -0.39 is 4.92 Å². The maximum atomic E-state index is 11.8. The molecular formula is C22H25N5O2. The van der Waals surface area contributed by atoms with Crippen LogP contribution in [-0.4, -0.2) is 14.9 Å². The van der Waals surface area contributed by atoms with Crippen molar-refractivity contribution in [3.63, 3.8) is 0 Å². The largest absolute Gasteiger partial charge is 0.353 e. The van der Waals surface area contributed by atoms with E-state index >= 15 is 0 Å². The van der Waals surface area contributed by atoms with E-state index in [4.69, 9.17) is 0 Å². The van der Waals surface area contributed by atoms with Crippen molar-refractivity contribution >= 4 is 28.7 Å². The lowest BCUT2D eigenvalue weighted by Crippen LogP contribution is -2.05. The Hall–Kier alpha value is -3.48. The monoisotopic (exact) mass is 391 g/mol. The molecule has 7 nitrogen and oxygen atoms in total. The average molecular weight is 391 g/mol. The van der Waals surface area contributed by atoms with E-state index in [0.717, 1.165) is 41.8 Å². The first-order valence-electron chi connectivity index (χ1n) is 9.67. The number of hydrogen-bond donors (Lipinski definition) is 2. The number of aryl methyl sites for hydroxylation is 3. The van der Waals surface area contributed by atoms with Gasteiger partial charge in [0.1, 0.15) is 6.33 Å². The Morgan fingerprint density at radius 1 is 0.931 bits per heavy atom. The highest BCUT2D eigenvalue weighted by molar-refractivity contribution is 5.76. The molecule has 0 aliphatic carbocycles. The van der Waals surface area contributed by atoms with E-state index in [0.29, 0.717) is 0 Å². The normalized spacial score (nSPS) is 10.6. The molecule has 1 heterocycles. The summed E-state index contributed by atoms with van der Waals surface area (Å²) in [7, 11) is 0. The van der Waals surface area contributed by atoms with Crippen LogP contribution in [0.5, 0.6) is 0 Å². The van der Waals surface area contributed by atoms with Gasteiger partial charge >= 0.3 is 5.69 Å². The molecule has 3 aromatic rings. The number of rotatable bonds is 8. The number of benzene rings is 2. The summed E-state index contributed by atoms with van der Waals surface area (Å²) in [5.41, 5.74) is 4.77. The molecule has 29 heavy (non-hydrogen) atoms. The van der Waals surface area contributed by atoms with Crippen molar-refractivity contribution < 1.29 is 4.92 Å². The van der Waals surface area contributed by atoms with Gasteiger partial charge in [-0.05, 0) is 67.6 Å². The van der Waals surface area contributed by atoms with Crippen molar-refractivity contribution in [2.75, 3.05) is 10.6 Å². The van der Waals surface area contributed by atoms with E-state index in [1.165, 1.54) is 11.9 Å². The number of nitrogens with one attached hydrogen (secondary N) is 2. The Morgan fingerprint density at radius 2 is 1.55 bits per heavy atom. The summed E-state index contributed by atoms with van der Waals surface area (Å²) in [6.07, 6.45) is 4.61. The maximum Gasteiger partial charge on any atom is 0.353 e. The molecule has 2 aromatic carbocycles. The van der Waals surface area contributed by atoms with Gasteiger partial charge < -0.3 is 10.6 Å². The third-order valence-electron chi connectivity index (χ3n) is 4.81. The van der Waals surface area contributed by atoms with Crippen LogP contribution in [0, 0.1) is 24.0 Å². The lowest BCUT2D eigenvalue weighted by Gasteiger charge is -2.11. The number of aromatic nitrogens is 2. The van der Waals surface area contributed by atoms with E-state index in [9.17, 15) is 10.1 Å². The Labute approximate surface area is 170 Å². The van der Waals surface area contributed by atoms with Crippen LogP contribution in [0.4, 0.5) is 28.7 Å². The Balaban J connectivity index is 1.86. The fourth-order valence-electron chi connectivity index (χ4n) is 2.96.